The van der Waals surface area contributed by atoms with Crippen molar-refractivity contribution in [3.8, 4) is 6.07 Å². The van der Waals surface area contributed by atoms with Gasteiger partial charge in [-0.1, -0.05) is 23.4 Å². The van der Waals surface area contributed by atoms with E-state index >= 15 is 0 Å². The fourth-order valence-corrected chi connectivity index (χ4v) is 3.62. The van der Waals surface area contributed by atoms with Crippen molar-refractivity contribution in [2.24, 2.45) is 5.16 Å². The molecule has 0 unspecified atom stereocenters. The highest BCUT2D eigenvalue weighted by atomic mass is 16.6. The number of aromatic nitrogens is 1. The van der Waals surface area contributed by atoms with Crippen LogP contribution in [-0.2, 0) is 11.4 Å². The Balaban J connectivity index is 1.76. The van der Waals surface area contributed by atoms with Crippen molar-refractivity contribution in [1.29, 1.82) is 5.26 Å². The van der Waals surface area contributed by atoms with Gasteiger partial charge >= 0.3 is 5.97 Å². The number of nitriles is 1. The summed E-state index contributed by atoms with van der Waals surface area (Å²) in [5.74, 6) is -1.65. The van der Waals surface area contributed by atoms with Crippen molar-refractivity contribution < 1.29 is 19.5 Å². The number of anilines is 1. The molecular formula is C21H16N4O4. The summed E-state index contributed by atoms with van der Waals surface area (Å²) in [6.07, 6.45) is 0.603. The SMILES string of the molecule is CON=C1CCn2c(C(=O)Nc3ccc(C#N)cc3C(=O)O)cc3cccc1c32. The van der Waals surface area contributed by atoms with Gasteiger partial charge in [0.1, 0.15) is 12.8 Å². The first-order valence-electron chi connectivity index (χ1n) is 8.85. The lowest BCUT2D eigenvalue weighted by Gasteiger charge is -2.19. The topological polar surface area (TPSA) is 117 Å². The lowest BCUT2D eigenvalue weighted by atomic mass is 10.0. The van der Waals surface area contributed by atoms with Crippen molar-refractivity contribution in [2.75, 3.05) is 12.4 Å². The van der Waals surface area contributed by atoms with Crippen LogP contribution in [0.5, 0.6) is 0 Å². The van der Waals surface area contributed by atoms with E-state index in [4.69, 9.17) is 10.1 Å². The average molecular weight is 388 g/mol. The number of carboxylic acid groups (broad SMARTS) is 1. The Morgan fingerprint density at radius 1 is 1.28 bits per heavy atom. The molecule has 8 nitrogen and oxygen atoms in total. The molecule has 144 valence electrons. The molecule has 1 amide bonds. The van der Waals surface area contributed by atoms with E-state index in [9.17, 15) is 14.7 Å². The second-order valence-electron chi connectivity index (χ2n) is 6.53. The normalized spacial score (nSPS) is 13.9. The molecule has 2 N–H and O–H groups in total. The second kappa shape index (κ2) is 7.13. The highest BCUT2D eigenvalue weighted by Crippen LogP contribution is 2.30. The number of aromatic carboxylic acids is 1. The summed E-state index contributed by atoms with van der Waals surface area (Å²) in [6.45, 7) is 0.546. The molecule has 4 rings (SSSR count). The summed E-state index contributed by atoms with van der Waals surface area (Å²) in [6, 6.07) is 13.5. The fraction of sp³-hybridized carbons (Fsp3) is 0.143. The maximum absolute atomic E-state index is 13.0. The first-order chi connectivity index (χ1) is 14.0. The van der Waals surface area contributed by atoms with Gasteiger partial charge in [-0.25, -0.2) is 4.79 Å². The molecule has 1 aliphatic rings. The standard InChI is InChI=1S/C21H16N4O4/c1-29-24-17-7-8-25-18(10-13-3-2-4-14(17)19(13)25)20(26)23-16-6-5-12(11-22)9-15(16)21(27)28/h2-6,9-10H,7-8H2,1H3,(H,23,26)(H,27,28). The minimum atomic E-state index is -1.22. The molecule has 2 aromatic carbocycles. The zero-order valence-electron chi connectivity index (χ0n) is 15.5. The smallest absolute Gasteiger partial charge is 0.337 e. The Morgan fingerprint density at radius 2 is 2.10 bits per heavy atom. The van der Waals surface area contributed by atoms with Crippen LogP contribution in [0.1, 0.15) is 38.4 Å². The number of carbonyl (C=O) groups is 2. The van der Waals surface area contributed by atoms with Gasteiger partial charge in [0.2, 0.25) is 0 Å². The van der Waals surface area contributed by atoms with Gasteiger partial charge in [0.25, 0.3) is 5.91 Å². The van der Waals surface area contributed by atoms with E-state index in [0.29, 0.717) is 18.7 Å². The van der Waals surface area contributed by atoms with E-state index < -0.39 is 11.9 Å². The Labute approximate surface area is 165 Å². The first kappa shape index (κ1) is 18.3. The molecule has 0 atom stereocenters. The Hall–Kier alpha value is -4.12. The molecule has 29 heavy (non-hydrogen) atoms. The van der Waals surface area contributed by atoms with Gasteiger partial charge in [-0.05, 0) is 24.3 Å². The molecule has 0 fully saturated rings. The Morgan fingerprint density at radius 3 is 2.83 bits per heavy atom. The number of rotatable bonds is 4. The minimum absolute atomic E-state index is 0.136. The van der Waals surface area contributed by atoms with E-state index in [0.717, 1.165) is 22.2 Å². The van der Waals surface area contributed by atoms with Crippen molar-refractivity contribution in [3.05, 3.63) is 64.8 Å². The number of carbonyl (C=O) groups excluding carboxylic acids is 1. The highest BCUT2D eigenvalue weighted by Gasteiger charge is 2.25. The van der Waals surface area contributed by atoms with Crippen molar-refractivity contribution >= 4 is 34.2 Å². The fourth-order valence-electron chi connectivity index (χ4n) is 3.62. The molecule has 8 heteroatoms. The van der Waals surface area contributed by atoms with Gasteiger partial charge in [0.05, 0.1) is 34.1 Å². The highest BCUT2D eigenvalue weighted by molar-refractivity contribution is 6.15. The van der Waals surface area contributed by atoms with Crippen molar-refractivity contribution in [2.45, 2.75) is 13.0 Å². The molecule has 2 heterocycles. The lowest BCUT2D eigenvalue weighted by Crippen LogP contribution is -2.22. The predicted molar refractivity (Wildman–Crippen MR) is 106 cm³/mol. The van der Waals surface area contributed by atoms with Crippen LogP contribution in [0.25, 0.3) is 10.9 Å². The monoisotopic (exact) mass is 388 g/mol. The quantitative estimate of drug-likeness (QED) is 0.666. The number of nitrogens with one attached hydrogen (secondary N) is 1. The zero-order valence-corrected chi connectivity index (χ0v) is 15.5. The van der Waals surface area contributed by atoms with Crippen LogP contribution in [0.2, 0.25) is 0 Å². The molecule has 0 saturated carbocycles. The largest absolute Gasteiger partial charge is 0.478 e. The molecule has 0 aliphatic carbocycles. The van der Waals surface area contributed by atoms with Crippen LogP contribution in [0.3, 0.4) is 0 Å². The van der Waals surface area contributed by atoms with Crippen molar-refractivity contribution in [1.82, 2.24) is 4.57 Å². The molecule has 0 radical (unpaired) electrons. The number of hydrogen-bond donors (Lipinski definition) is 2. The Bertz CT molecular complexity index is 1230. The van der Waals surface area contributed by atoms with Gasteiger partial charge in [-0.3, -0.25) is 4.79 Å². The maximum atomic E-state index is 13.0. The van der Waals surface area contributed by atoms with E-state index in [1.54, 1.807) is 6.07 Å². The van der Waals surface area contributed by atoms with Gasteiger partial charge in [-0.15, -0.1) is 0 Å². The summed E-state index contributed by atoms with van der Waals surface area (Å²) in [5, 5.41) is 26.0. The van der Waals surface area contributed by atoms with Crippen LogP contribution < -0.4 is 5.32 Å². The summed E-state index contributed by atoms with van der Waals surface area (Å²) in [5.41, 5.74) is 3.23. The number of aryl methyl sites for hydroxylation is 1. The van der Waals surface area contributed by atoms with Gasteiger partial charge in [0, 0.05) is 23.9 Å². The van der Waals surface area contributed by atoms with Crippen LogP contribution >= 0.6 is 0 Å². The van der Waals surface area contributed by atoms with Crippen LogP contribution in [0, 0.1) is 11.3 Å². The number of oxime groups is 1. The molecular weight excluding hydrogens is 372 g/mol. The number of benzene rings is 2. The van der Waals surface area contributed by atoms with Gasteiger partial charge < -0.3 is 19.8 Å². The minimum Gasteiger partial charge on any atom is -0.478 e. The van der Waals surface area contributed by atoms with E-state index in [1.807, 2.05) is 28.8 Å². The molecule has 1 aliphatic heterocycles. The molecule has 0 bridgehead atoms. The molecule has 0 spiro atoms. The third-order valence-corrected chi connectivity index (χ3v) is 4.86. The van der Waals surface area contributed by atoms with E-state index in [2.05, 4.69) is 10.5 Å². The van der Waals surface area contributed by atoms with Crippen LogP contribution in [-0.4, -0.2) is 34.4 Å². The molecule has 3 aromatic rings. The lowest BCUT2D eigenvalue weighted by molar-refractivity contribution is 0.0698. The summed E-state index contributed by atoms with van der Waals surface area (Å²) >= 11 is 0. The van der Waals surface area contributed by atoms with Gasteiger partial charge in [-0.2, -0.15) is 5.26 Å². The van der Waals surface area contributed by atoms with Crippen LogP contribution in [0.4, 0.5) is 5.69 Å². The number of para-hydroxylation sites is 1. The predicted octanol–water partition coefficient (Wildman–Crippen LogP) is 3.22. The van der Waals surface area contributed by atoms with Crippen molar-refractivity contribution in [3.63, 3.8) is 0 Å². The average Bonchev–Trinajstić information content (AvgIpc) is 3.10. The number of amides is 1. The summed E-state index contributed by atoms with van der Waals surface area (Å²) in [7, 11) is 1.50. The summed E-state index contributed by atoms with van der Waals surface area (Å²) < 4.78 is 1.90. The number of nitrogens with zero attached hydrogens (tertiary/aromatic N) is 3. The maximum Gasteiger partial charge on any atom is 0.337 e. The molecule has 0 saturated heterocycles. The zero-order chi connectivity index (χ0) is 20.5. The first-order valence-corrected chi connectivity index (χ1v) is 8.85. The number of hydrogen-bond acceptors (Lipinski definition) is 5. The van der Waals surface area contributed by atoms with E-state index in [-0.39, 0.29) is 16.8 Å². The van der Waals surface area contributed by atoms with Crippen LogP contribution in [0.15, 0.2) is 47.6 Å². The third kappa shape index (κ3) is 3.08. The van der Waals surface area contributed by atoms with E-state index in [1.165, 1.54) is 25.3 Å². The number of carboxylic acids is 1. The van der Waals surface area contributed by atoms with Gasteiger partial charge in [0.15, 0.2) is 0 Å². The Kier molecular flexibility index (Phi) is 4.49. The third-order valence-electron chi connectivity index (χ3n) is 4.86. The second-order valence-corrected chi connectivity index (χ2v) is 6.53. The molecule has 1 aromatic heterocycles. The summed E-state index contributed by atoms with van der Waals surface area (Å²) in [4.78, 5) is 29.5.